The Bertz CT molecular complexity index is 827. The van der Waals surface area contributed by atoms with Crippen molar-refractivity contribution in [3.63, 3.8) is 0 Å². The smallest absolute Gasteiger partial charge is 0.309 e. The third-order valence-corrected chi connectivity index (χ3v) is 5.18. The van der Waals surface area contributed by atoms with Crippen molar-refractivity contribution in [2.24, 2.45) is 5.92 Å². The molecule has 29 heavy (non-hydrogen) atoms. The van der Waals surface area contributed by atoms with Crippen molar-refractivity contribution in [1.29, 1.82) is 0 Å². The van der Waals surface area contributed by atoms with Crippen LogP contribution in [0.3, 0.4) is 0 Å². The van der Waals surface area contributed by atoms with E-state index in [4.69, 9.17) is 25.8 Å². The number of hydrogen-bond acceptors (Lipinski definition) is 5. The number of methoxy groups -OCH3 is 1. The van der Waals surface area contributed by atoms with Crippen molar-refractivity contribution in [1.82, 2.24) is 0 Å². The zero-order valence-corrected chi connectivity index (χ0v) is 17.2. The monoisotopic (exact) mass is 417 g/mol. The summed E-state index contributed by atoms with van der Waals surface area (Å²) in [5.41, 5.74) is 1.72. The highest BCUT2D eigenvalue weighted by Gasteiger charge is 2.52. The summed E-state index contributed by atoms with van der Waals surface area (Å²) < 4.78 is 16.0. The van der Waals surface area contributed by atoms with E-state index >= 15 is 0 Å². The first kappa shape index (κ1) is 21.1. The van der Waals surface area contributed by atoms with Crippen LogP contribution >= 0.6 is 11.6 Å². The number of amides is 1. The fraction of sp³-hybridized carbons (Fsp3) is 0.364. The van der Waals surface area contributed by atoms with Gasteiger partial charge in [-0.25, -0.2) is 0 Å². The predicted molar refractivity (Wildman–Crippen MR) is 110 cm³/mol. The number of anilines is 1. The fourth-order valence-electron chi connectivity index (χ4n) is 3.56. The molecule has 1 aliphatic heterocycles. The molecular formula is C22H24ClNO5. The van der Waals surface area contributed by atoms with Crippen molar-refractivity contribution in [3.05, 3.63) is 60.2 Å². The number of β-lactam (4-membered cyclic amide) rings is 1. The van der Waals surface area contributed by atoms with E-state index in [2.05, 4.69) is 0 Å². The summed E-state index contributed by atoms with van der Waals surface area (Å²) in [6, 6.07) is 16.3. The molecule has 0 aliphatic carbocycles. The highest BCUT2D eigenvalue weighted by molar-refractivity contribution is 6.17. The SMILES string of the molecule is COc1ccc(N2C(=O)[C@H]([C@@H](C)OCc3ccccc3)[C@@H]2CC(=O)OCCl)cc1. The van der Waals surface area contributed by atoms with E-state index in [0.717, 1.165) is 5.56 Å². The van der Waals surface area contributed by atoms with Crippen LogP contribution in [-0.2, 0) is 25.7 Å². The van der Waals surface area contributed by atoms with Gasteiger partial charge in [-0.05, 0) is 36.8 Å². The Hall–Kier alpha value is -2.57. The van der Waals surface area contributed by atoms with Gasteiger partial charge in [-0.1, -0.05) is 41.9 Å². The first-order valence-corrected chi connectivity index (χ1v) is 9.93. The third-order valence-electron chi connectivity index (χ3n) is 5.07. The standard InChI is InChI=1S/C22H24ClNO5/c1-15(28-13-16-6-4-3-5-7-16)21-19(12-20(25)29-14-23)24(22(21)26)17-8-10-18(27-2)11-9-17/h3-11,15,19,21H,12-14H2,1-2H3/t15-,19+,21-/m1/s1. The minimum atomic E-state index is -0.448. The summed E-state index contributed by atoms with van der Waals surface area (Å²) in [6.45, 7) is 2.25. The Balaban J connectivity index is 1.73. The number of alkyl halides is 1. The Morgan fingerprint density at radius 3 is 2.45 bits per heavy atom. The highest BCUT2D eigenvalue weighted by Crippen LogP contribution is 2.38. The van der Waals surface area contributed by atoms with E-state index in [1.807, 2.05) is 37.3 Å². The molecule has 6 nitrogen and oxygen atoms in total. The summed E-state index contributed by atoms with van der Waals surface area (Å²) in [7, 11) is 1.58. The lowest BCUT2D eigenvalue weighted by molar-refractivity contribution is -0.147. The lowest BCUT2D eigenvalue weighted by atomic mass is 9.80. The maximum atomic E-state index is 13.0. The van der Waals surface area contributed by atoms with E-state index in [9.17, 15) is 9.59 Å². The molecular weight excluding hydrogens is 394 g/mol. The van der Waals surface area contributed by atoms with Crippen LogP contribution in [-0.4, -0.2) is 37.2 Å². The Kier molecular flexibility index (Phi) is 7.12. The number of halogens is 1. The second-order valence-corrected chi connectivity index (χ2v) is 7.05. The van der Waals surface area contributed by atoms with Crippen LogP contribution in [0.25, 0.3) is 0 Å². The van der Waals surface area contributed by atoms with Crippen LogP contribution in [0.1, 0.15) is 18.9 Å². The van der Waals surface area contributed by atoms with E-state index in [0.29, 0.717) is 18.0 Å². The van der Waals surface area contributed by atoms with Crippen LogP contribution in [0, 0.1) is 5.92 Å². The zero-order valence-electron chi connectivity index (χ0n) is 16.4. The number of rotatable bonds is 9. The average molecular weight is 418 g/mol. The number of hydrogen-bond donors (Lipinski definition) is 0. The number of benzene rings is 2. The molecule has 1 saturated heterocycles. The third kappa shape index (κ3) is 4.89. The van der Waals surface area contributed by atoms with Crippen LogP contribution in [0.15, 0.2) is 54.6 Å². The van der Waals surface area contributed by atoms with E-state index in [1.54, 1.807) is 36.3 Å². The second kappa shape index (κ2) is 9.76. The quantitative estimate of drug-likeness (QED) is 0.353. The molecule has 7 heteroatoms. The molecule has 0 N–H and O–H groups in total. The van der Waals surface area contributed by atoms with Gasteiger partial charge in [0.2, 0.25) is 5.91 Å². The molecule has 2 aromatic carbocycles. The number of carbonyl (C=O) groups is 2. The topological polar surface area (TPSA) is 65.1 Å². The summed E-state index contributed by atoms with van der Waals surface area (Å²) in [5.74, 6) is -0.282. The molecule has 3 rings (SSSR count). The molecule has 3 atom stereocenters. The Morgan fingerprint density at radius 1 is 1.14 bits per heavy atom. The molecule has 1 heterocycles. The highest BCUT2D eigenvalue weighted by atomic mass is 35.5. The van der Waals surface area contributed by atoms with Gasteiger partial charge in [0, 0.05) is 5.69 Å². The van der Waals surface area contributed by atoms with E-state index in [-0.39, 0.29) is 30.5 Å². The van der Waals surface area contributed by atoms with Crippen molar-refractivity contribution in [3.8, 4) is 5.75 Å². The lowest BCUT2D eigenvalue weighted by Crippen LogP contribution is -2.65. The second-order valence-electron chi connectivity index (χ2n) is 6.83. The van der Waals surface area contributed by atoms with Gasteiger partial charge in [0.05, 0.1) is 38.2 Å². The number of esters is 1. The van der Waals surface area contributed by atoms with Gasteiger partial charge in [0.25, 0.3) is 0 Å². The summed E-state index contributed by atoms with van der Waals surface area (Å²) >= 11 is 5.51. The molecule has 0 saturated carbocycles. The van der Waals surface area contributed by atoms with Crippen molar-refractivity contribution in [2.45, 2.75) is 32.1 Å². The Morgan fingerprint density at radius 2 is 1.83 bits per heavy atom. The van der Waals surface area contributed by atoms with Crippen molar-refractivity contribution in [2.75, 3.05) is 18.1 Å². The van der Waals surface area contributed by atoms with Crippen LogP contribution in [0.2, 0.25) is 0 Å². The largest absolute Gasteiger partial charge is 0.497 e. The molecule has 1 amide bonds. The average Bonchev–Trinajstić information content (AvgIpc) is 2.73. The molecule has 0 aromatic heterocycles. The van der Waals surface area contributed by atoms with Gasteiger partial charge < -0.3 is 19.1 Å². The molecule has 2 aromatic rings. The van der Waals surface area contributed by atoms with E-state index in [1.165, 1.54) is 0 Å². The minimum absolute atomic E-state index is 0.0498. The number of nitrogens with zero attached hydrogens (tertiary/aromatic N) is 1. The van der Waals surface area contributed by atoms with Gasteiger partial charge in [-0.15, -0.1) is 0 Å². The van der Waals surface area contributed by atoms with Gasteiger partial charge in [-0.3, -0.25) is 9.59 Å². The maximum Gasteiger partial charge on any atom is 0.309 e. The van der Waals surface area contributed by atoms with Crippen LogP contribution in [0.4, 0.5) is 5.69 Å². The molecule has 1 fully saturated rings. The van der Waals surface area contributed by atoms with Crippen LogP contribution < -0.4 is 9.64 Å². The summed E-state index contributed by atoms with van der Waals surface area (Å²) in [6.07, 6.45) is -0.306. The number of carbonyl (C=O) groups excluding carboxylic acids is 2. The summed E-state index contributed by atoms with van der Waals surface area (Å²) in [4.78, 5) is 26.6. The first-order chi connectivity index (χ1) is 14.0. The van der Waals surface area contributed by atoms with Crippen molar-refractivity contribution >= 4 is 29.2 Å². The van der Waals surface area contributed by atoms with Crippen molar-refractivity contribution < 1.29 is 23.8 Å². The Labute approximate surface area is 175 Å². The van der Waals surface area contributed by atoms with Crippen LogP contribution in [0.5, 0.6) is 5.75 Å². The van der Waals surface area contributed by atoms with Gasteiger partial charge in [0.15, 0.2) is 6.07 Å². The predicted octanol–water partition coefficient (Wildman–Crippen LogP) is 3.76. The zero-order chi connectivity index (χ0) is 20.8. The fourth-order valence-corrected chi connectivity index (χ4v) is 3.68. The molecule has 154 valence electrons. The number of ether oxygens (including phenoxy) is 3. The normalized spacial score (nSPS) is 19.4. The lowest BCUT2D eigenvalue weighted by Gasteiger charge is -2.48. The molecule has 0 bridgehead atoms. The molecule has 0 spiro atoms. The van der Waals surface area contributed by atoms with Gasteiger partial charge in [-0.2, -0.15) is 0 Å². The first-order valence-electron chi connectivity index (χ1n) is 9.39. The van der Waals surface area contributed by atoms with E-state index < -0.39 is 11.9 Å². The summed E-state index contributed by atoms with van der Waals surface area (Å²) in [5, 5.41) is 0. The minimum Gasteiger partial charge on any atom is -0.497 e. The van der Waals surface area contributed by atoms with Gasteiger partial charge >= 0.3 is 5.97 Å². The van der Waals surface area contributed by atoms with Gasteiger partial charge in [0.1, 0.15) is 5.75 Å². The molecule has 0 unspecified atom stereocenters. The molecule has 1 aliphatic rings. The molecule has 0 radical (unpaired) electrons. The maximum absolute atomic E-state index is 13.0.